The van der Waals surface area contributed by atoms with Crippen molar-refractivity contribution in [1.29, 1.82) is 0 Å². The van der Waals surface area contributed by atoms with Crippen LogP contribution >= 0.6 is 37.2 Å². The van der Waals surface area contributed by atoms with Gasteiger partial charge in [0.1, 0.15) is 8.80 Å². The van der Waals surface area contributed by atoms with E-state index in [1.165, 1.54) is 45.1 Å². The quantitative estimate of drug-likeness (QED) is 0.212. The van der Waals surface area contributed by atoms with Crippen LogP contribution in [0.1, 0.15) is 43.4 Å². The van der Waals surface area contributed by atoms with E-state index in [-0.39, 0.29) is 56.4 Å². The second kappa shape index (κ2) is 17.4. The first-order valence-corrected chi connectivity index (χ1v) is 15.2. The van der Waals surface area contributed by atoms with Crippen LogP contribution in [-0.4, -0.2) is 8.80 Å². The molecule has 0 N–H and O–H groups in total. The molecule has 4 rings (SSSR count). The van der Waals surface area contributed by atoms with Gasteiger partial charge in [0.15, 0.2) is 0 Å². The molecule has 35 heavy (non-hydrogen) atoms. The molecule has 0 fully saturated rings. The number of hydrogen-bond donors (Lipinski definition) is 0. The number of rotatable bonds is 6. The molecule has 0 heterocycles. The summed E-state index contributed by atoms with van der Waals surface area (Å²) in [5.74, 6) is 0. The van der Waals surface area contributed by atoms with Crippen LogP contribution in [0.2, 0.25) is 4.22 Å². The number of hydrogen-bond acceptors (Lipinski definition) is 0. The third kappa shape index (κ3) is 10.8. The van der Waals surface area contributed by atoms with E-state index >= 15 is 0 Å². The van der Waals surface area contributed by atoms with Crippen molar-refractivity contribution >= 4 is 61.6 Å². The smallest absolute Gasteiger partial charge is 0.133 e. The van der Waals surface area contributed by atoms with Crippen molar-refractivity contribution in [2.75, 3.05) is 0 Å². The van der Waals surface area contributed by atoms with E-state index in [0.29, 0.717) is 0 Å². The molecular weight excluding hydrogens is 543 g/mol. The Labute approximate surface area is 242 Å². The van der Waals surface area contributed by atoms with E-state index in [1.807, 2.05) is 0 Å². The van der Waals surface area contributed by atoms with Crippen LogP contribution in [0.15, 0.2) is 94.9 Å². The molecule has 3 aromatic carbocycles. The first-order chi connectivity index (χ1) is 15.5. The largest absolute Gasteiger partial charge is 0.147 e. The van der Waals surface area contributed by atoms with Gasteiger partial charge in [-0.05, 0) is 20.8 Å². The van der Waals surface area contributed by atoms with Gasteiger partial charge in [-0.25, -0.2) is 0 Å². The molecular formula is C30H39Cl3SiTi. The first kappa shape index (κ1) is 33.9. The van der Waals surface area contributed by atoms with Crippen LogP contribution in [0.4, 0.5) is 0 Å². The Morgan fingerprint density at radius 1 is 0.743 bits per heavy atom. The summed E-state index contributed by atoms with van der Waals surface area (Å²) in [5, 5.41) is 4.49. The van der Waals surface area contributed by atoms with Crippen LogP contribution in [-0.2, 0) is 19.2 Å². The maximum absolute atomic E-state index is 2.37. The Bertz CT molecular complexity index is 986. The summed E-state index contributed by atoms with van der Waals surface area (Å²) in [6.07, 6.45) is 9.39. The predicted octanol–water partition coefficient (Wildman–Crippen LogP) is 7.26. The molecule has 0 amide bonds. The topological polar surface area (TPSA) is 0 Å². The van der Waals surface area contributed by atoms with E-state index in [2.05, 4.69) is 126 Å². The van der Waals surface area contributed by atoms with E-state index < -0.39 is 8.80 Å². The maximum atomic E-state index is 2.37. The second-order valence-corrected chi connectivity index (χ2v) is 14.8. The van der Waals surface area contributed by atoms with Crippen LogP contribution in [0.5, 0.6) is 0 Å². The zero-order chi connectivity index (χ0) is 22.9. The molecule has 0 saturated carbocycles. The van der Waals surface area contributed by atoms with E-state index in [0.717, 1.165) is 4.22 Å². The second-order valence-electron chi connectivity index (χ2n) is 8.95. The molecule has 1 unspecified atom stereocenters. The summed E-state index contributed by atoms with van der Waals surface area (Å²) in [7, 11) is -1.39. The predicted molar refractivity (Wildman–Crippen MR) is 163 cm³/mol. The zero-order valence-electron chi connectivity index (χ0n) is 21.5. The summed E-state index contributed by atoms with van der Waals surface area (Å²) < 4.78 is 2.72. The summed E-state index contributed by atoms with van der Waals surface area (Å²) >= 11 is 0.229. The molecule has 0 aliphatic heterocycles. The molecule has 188 valence electrons. The fourth-order valence-electron chi connectivity index (χ4n) is 4.10. The molecule has 0 nitrogen and oxygen atoms in total. The van der Waals surface area contributed by atoms with E-state index in [4.69, 9.17) is 0 Å². The SMILES string of the molecule is CC[CH](C)[Ti][C]1=CC=CC1.Cc1cccc([SiH](c2cccc(C)c2)c2cccc(C)c2)c1.Cl.Cl.Cl. The van der Waals surface area contributed by atoms with Gasteiger partial charge in [-0.3, -0.25) is 0 Å². The van der Waals surface area contributed by atoms with Crippen LogP contribution in [0, 0.1) is 20.8 Å². The molecule has 0 radical (unpaired) electrons. The summed E-state index contributed by atoms with van der Waals surface area (Å²) in [4.78, 5) is 0. The molecule has 0 aromatic heterocycles. The fraction of sp³-hybridized carbons (Fsp3) is 0.267. The minimum atomic E-state index is -1.39. The van der Waals surface area contributed by atoms with Gasteiger partial charge >= 0.3 is 72.2 Å². The van der Waals surface area contributed by atoms with Crippen molar-refractivity contribution in [2.24, 2.45) is 0 Å². The van der Waals surface area contributed by atoms with Gasteiger partial charge in [0.2, 0.25) is 0 Å². The molecule has 3 aromatic rings. The van der Waals surface area contributed by atoms with Crippen molar-refractivity contribution in [1.82, 2.24) is 0 Å². The van der Waals surface area contributed by atoms with Gasteiger partial charge in [0, 0.05) is 0 Å². The van der Waals surface area contributed by atoms with Crippen molar-refractivity contribution in [3.05, 3.63) is 112 Å². The minimum Gasteiger partial charge on any atom is -0.147 e. The molecule has 0 spiro atoms. The van der Waals surface area contributed by atoms with Gasteiger partial charge in [-0.15, -0.1) is 37.2 Å². The Balaban J connectivity index is 0.000000764. The van der Waals surface area contributed by atoms with Crippen molar-refractivity contribution in [2.45, 2.75) is 51.7 Å². The minimum absolute atomic E-state index is 0. The van der Waals surface area contributed by atoms with Crippen molar-refractivity contribution < 1.29 is 19.2 Å². The van der Waals surface area contributed by atoms with Crippen molar-refractivity contribution in [3.8, 4) is 0 Å². The van der Waals surface area contributed by atoms with Gasteiger partial charge in [0.05, 0.1) is 0 Å². The van der Waals surface area contributed by atoms with E-state index in [1.54, 1.807) is 3.88 Å². The molecule has 5 heteroatoms. The number of halogens is 3. The molecule has 1 atom stereocenters. The molecule has 1 aliphatic carbocycles. The van der Waals surface area contributed by atoms with Crippen molar-refractivity contribution in [3.63, 3.8) is 0 Å². The summed E-state index contributed by atoms with van der Waals surface area (Å²) in [5.41, 5.74) is 4.03. The third-order valence-electron chi connectivity index (χ3n) is 5.94. The maximum Gasteiger partial charge on any atom is 0.133 e. The normalized spacial score (nSPS) is 12.2. The van der Waals surface area contributed by atoms with E-state index in [9.17, 15) is 0 Å². The number of allylic oxidation sites excluding steroid dienone is 4. The van der Waals surface area contributed by atoms with Gasteiger partial charge in [0.25, 0.3) is 0 Å². The van der Waals surface area contributed by atoms with Crippen LogP contribution in [0.25, 0.3) is 0 Å². The Kier molecular flexibility index (Phi) is 16.9. The third-order valence-corrected chi connectivity index (χ3v) is 11.6. The molecule has 0 bridgehead atoms. The summed E-state index contributed by atoms with van der Waals surface area (Å²) in [6, 6.07) is 27.1. The van der Waals surface area contributed by atoms with Crippen LogP contribution < -0.4 is 15.6 Å². The number of aryl methyl sites for hydroxylation is 3. The monoisotopic (exact) mass is 580 g/mol. The molecule has 0 saturated heterocycles. The average Bonchev–Trinajstić information content (AvgIpc) is 3.28. The summed E-state index contributed by atoms with van der Waals surface area (Å²) in [6.45, 7) is 11.2. The van der Waals surface area contributed by atoms with Crippen LogP contribution in [0.3, 0.4) is 0 Å². The standard InChI is InChI=1S/C21H22Si.C5H5.C4H9.3ClH.Ti/c1-16-7-4-10-19(13-16)22(20-11-5-8-17(2)14-20)21-12-6-9-18(3)15-21;1-2-4-5-3-1;1-3-4-2;;;;/h4-15,22H,1-3H3;1-3H,4H2;3H,4H2,1-2H3;3*1H;. The molecule has 1 aliphatic rings. The van der Waals surface area contributed by atoms with Gasteiger partial charge in [-0.2, -0.15) is 0 Å². The Morgan fingerprint density at radius 3 is 1.49 bits per heavy atom. The van der Waals surface area contributed by atoms with Gasteiger partial charge < -0.3 is 0 Å². The Morgan fingerprint density at radius 2 is 1.17 bits per heavy atom. The average molecular weight is 582 g/mol. The fourth-order valence-corrected chi connectivity index (χ4v) is 9.43. The zero-order valence-corrected chi connectivity index (χ0v) is 26.6. The Hall–Kier alpha value is -1.06. The first-order valence-electron chi connectivity index (χ1n) is 11.8. The number of benzene rings is 3. The van der Waals surface area contributed by atoms with Gasteiger partial charge in [-0.1, -0.05) is 105 Å².